The van der Waals surface area contributed by atoms with Gasteiger partial charge in [0.05, 0.1) is 5.69 Å². The SMILES string of the molecule is Cl.NCC1CCCCN1Cc1cc(=O)n2ccsc2n1. The van der Waals surface area contributed by atoms with Crippen molar-refractivity contribution in [2.75, 3.05) is 13.1 Å². The van der Waals surface area contributed by atoms with Crippen LogP contribution in [0, 0.1) is 0 Å². The molecule has 0 amide bonds. The highest BCUT2D eigenvalue weighted by Crippen LogP contribution is 2.18. The van der Waals surface area contributed by atoms with Gasteiger partial charge < -0.3 is 5.73 Å². The average Bonchev–Trinajstić information content (AvgIpc) is 2.88. The first kappa shape index (κ1) is 15.4. The van der Waals surface area contributed by atoms with Crippen LogP contribution in [0.3, 0.4) is 0 Å². The molecule has 1 aliphatic heterocycles. The molecule has 0 aromatic carbocycles. The van der Waals surface area contributed by atoms with Gasteiger partial charge in [-0.05, 0) is 19.4 Å². The van der Waals surface area contributed by atoms with Crippen LogP contribution in [0.1, 0.15) is 25.0 Å². The molecule has 1 fully saturated rings. The Bertz CT molecular complexity index is 626. The van der Waals surface area contributed by atoms with Gasteiger partial charge in [0.2, 0.25) is 0 Å². The van der Waals surface area contributed by atoms with Gasteiger partial charge in [0, 0.05) is 36.8 Å². The molecule has 0 spiro atoms. The first-order valence-electron chi connectivity index (χ1n) is 6.68. The van der Waals surface area contributed by atoms with E-state index in [2.05, 4.69) is 9.88 Å². The number of halogens is 1. The number of nitrogens with two attached hydrogens (primary N) is 1. The second-order valence-corrected chi connectivity index (χ2v) is 5.87. The first-order chi connectivity index (χ1) is 9.28. The summed E-state index contributed by atoms with van der Waals surface area (Å²) in [4.78, 5) is 19.6. The number of piperidine rings is 1. The Hall–Kier alpha value is -0.950. The van der Waals surface area contributed by atoms with Crippen LogP contribution >= 0.6 is 23.7 Å². The summed E-state index contributed by atoms with van der Waals surface area (Å²) in [6.45, 7) is 2.46. The third-order valence-corrected chi connectivity index (χ3v) is 4.50. The molecule has 0 aliphatic carbocycles. The smallest absolute Gasteiger partial charge is 0.258 e. The summed E-state index contributed by atoms with van der Waals surface area (Å²) >= 11 is 1.49. The maximum atomic E-state index is 11.9. The number of rotatable bonds is 3. The molecule has 3 rings (SSSR count). The summed E-state index contributed by atoms with van der Waals surface area (Å²) in [5.74, 6) is 0. The lowest BCUT2D eigenvalue weighted by molar-refractivity contribution is 0.143. The highest BCUT2D eigenvalue weighted by atomic mass is 35.5. The summed E-state index contributed by atoms with van der Waals surface area (Å²) in [6.07, 6.45) is 5.37. The first-order valence-corrected chi connectivity index (χ1v) is 7.56. The molecule has 0 radical (unpaired) electrons. The Morgan fingerprint density at radius 3 is 3.10 bits per heavy atom. The van der Waals surface area contributed by atoms with Crippen molar-refractivity contribution in [1.82, 2.24) is 14.3 Å². The van der Waals surface area contributed by atoms with E-state index in [1.807, 2.05) is 5.38 Å². The molecular formula is C13H19ClN4OS. The van der Waals surface area contributed by atoms with Gasteiger partial charge in [0.15, 0.2) is 4.96 Å². The number of thiazole rings is 1. The lowest BCUT2D eigenvalue weighted by Gasteiger charge is -2.34. The van der Waals surface area contributed by atoms with Crippen LogP contribution in [-0.2, 0) is 6.54 Å². The molecule has 1 aliphatic rings. The lowest BCUT2D eigenvalue weighted by Crippen LogP contribution is -2.43. The van der Waals surface area contributed by atoms with Crippen molar-refractivity contribution >= 4 is 28.7 Å². The van der Waals surface area contributed by atoms with Crippen molar-refractivity contribution in [3.8, 4) is 0 Å². The molecule has 3 heterocycles. The van der Waals surface area contributed by atoms with Gasteiger partial charge in [-0.25, -0.2) is 4.98 Å². The standard InChI is InChI=1S/C13H18N4OS.ClH/c14-8-11-3-1-2-4-16(11)9-10-7-12(18)17-5-6-19-13(17)15-10;/h5-7,11H,1-4,8-9,14H2;1H. The molecular weight excluding hydrogens is 296 g/mol. The highest BCUT2D eigenvalue weighted by Gasteiger charge is 2.21. The predicted molar refractivity (Wildman–Crippen MR) is 83.7 cm³/mol. The zero-order chi connectivity index (χ0) is 13.2. The van der Waals surface area contributed by atoms with E-state index in [-0.39, 0.29) is 18.0 Å². The average molecular weight is 315 g/mol. The molecule has 2 aromatic rings. The molecule has 1 unspecified atom stereocenters. The van der Waals surface area contributed by atoms with Gasteiger partial charge >= 0.3 is 0 Å². The van der Waals surface area contributed by atoms with E-state index in [4.69, 9.17) is 5.73 Å². The molecule has 2 N–H and O–H groups in total. The number of hydrogen-bond donors (Lipinski definition) is 1. The van der Waals surface area contributed by atoms with E-state index in [0.717, 1.165) is 30.2 Å². The number of nitrogens with zero attached hydrogens (tertiary/aromatic N) is 3. The van der Waals surface area contributed by atoms with Gasteiger partial charge in [-0.15, -0.1) is 23.7 Å². The molecule has 1 atom stereocenters. The zero-order valence-corrected chi connectivity index (χ0v) is 12.8. The quantitative estimate of drug-likeness (QED) is 0.932. The topological polar surface area (TPSA) is 63.6 Å². The van der Waals surface area contributed by atoms with Crippen molar-refractivity contribution in [2.24, 2.45) is 5.73 Å². The van der Waals surface area contributed by atoms with Crippen molar-refractivity contribution in [3.63, 3.8) is 0 Å². The minimum Gasteiger partial charge on any atom is -0.329 e. The molecule has 110 valence electrons. The van der Waals surface area contributed by atoms with Crippen molar-refractivity contribution in [2.45, 2.75) is 31.8 Å². The molecule has 5 nitrogen and oxygen atoms in total. The fourth-order valence-corrected chi connectivity index (χ4v) is 3.45. The van der Waals surface area contributed by atoms with Crippen molar-refractivity contribution in [1.29, 1.82) is 0 Å². The van der Waals surface area contributed by atoms with E-state index >= 15 is 0 Å². The summed E-state index contributed by atoms with van der Waals surface area (Å²) in [6, 6.07) is 2.07. The fourth-order valence-electron chi connectivity index (χ4n) is 2.71. The Balaban J connectivity index is 0.00000147. The van der Waals surface area contributed by atoms with Crippen molar-refractivity contribution in [3.05, 3.63) is 33.7 Å². The molecule has 0 bridgehead atoms. The maximum Gasteiger partial charge on any atom is 0.258 e. The maximum absolute atomic E-state index is 11.9. The van der Waals surface area contributed by atoms with Crippen LogP contribution < -0.4 is 11.3 Å². The number of hydrogen-bond acceptors (Lipinski definition) is 5. The summed E-state index contributed by atoms with van der Waals surface area (Å²) in [7, 11) is 0. The lowest BCUT2D eigenvalue weighted by atomic mass is 10.0. The second kappa shape index (κ2) is 6.67. The Morgan fingerprint density at radius 2 is 2.30 bits per heavy atom. The van der Waals surface area contributed by atoms with Gasteiger partial charge in [0.25, 0.3) is 5.56 Å². The number of fused-ring (bicyclic) bond motifs is 1. The largest absolute Gasteiger partial charge is 0.329 e. The second-order valence-electron chi connectivity index (χ2n) is 5.00. The minimum absolute atomic E-state index is 0. The van der Waals surface area contributed by atoms with E-state index in [1.54, 1.807) is 16.7 Å². The van der Waals surface area contributed by atoms with Gasteiger partial charge in [-0.2, -0.15) is 0 Å². The Morgan fingerprint density at radius 1 is 1.45 bits per heavy atom. The Labute approximate surface area is 127 Å². The number of aromatic nitrogens is 2. The van der Waals surface area contributed by atoms with Gasteiger partial charge in [-0.1, -0.05) is 6.42 Å². The van der Waals surface area contributed by atoms with Crippen LogP contribution in [0.25, 0.3) is 4.96 Å². The zero-order valence-electron chi connectivity index (χ0n) is 11.2. The van der Waals surface area contributed by atoms with E-state index in [1.165, 1.54) is 24.2 Å². The highest BCUT2D eigenvalue weighted by molar-refractivity contribution is 7.15. The van der Waals surface area contributed by atoms with Gasteiger partial charge in [-0.3, -0.25) is 14.1 Å². The third kappa shape index (κ3) is 3.03. The number of likely N-dealkylation sites (tertiary alicyclic amines) is 1. The molecule has 2 aromatic heterocycles. The minimum atomic E-state index is 0. The predicted octanol–water partition coefficient (Wildman–Crippen LogP) is 1.49. The monoisotopic (exact) mass is 314 g/mol. The normalized spacial score (nSPS) is 19.9. The van der Waals surface area contributed by atoms with Crippen molar-refractivity contribution < 1.29 is 0 Å². The van der Waals surface area contributed by atoms with Crippen LogP contribution in [0.2, 0.25) is 0 Å². The third-order valence-electron chi connectivity index (χ3n) is 3.74. The van der Waals surface area contributed by atoms with E-state index in [9.17, 15) is 4.79 Å². The molecule has 20 heavy (non-hydrogen) atoms. The summed E-state index contributed by atoms with van der Waals surface area (Å²) < 4.78 is 1.59. The van der Waals surface area contributed by atoms with Gasteiger partial charge in [0.1, 0.15) is 0 Å². The molecule has 1 saturated heterocycles. The van der Waals surface area contributed by atoms with Crippen LogP contribution in [0.4, 0.5) is 0 Å². The Kier molecular flexibility index (Phi) is 5.15. The fraction of sp³-hybridized carbons (Fsp3) is 0.538. The van der Waals surface area contributed by atoms with E-state index in [0.29, 0.717) is 12.6 Å². The van der Waals surface area contributed by atoms with Crippen LogP contribution in [-0.4, -0.2) is 33.4 Å². The molecule has 0 saturated carbocycles. The van der Waals surface area contributed by atoms with Crippen LogP contribution in [0.15, 0.2) is 22.4 Å². The summed E-state index contributed by atoms with van der Waals surface area (Å²) in [5.41, 5.74) is 6.68. The van der Waals surface area contributed by atoms with E-state index < -0.39 is 0 Å². The van der Waals surface area contributed by atoms with Crippen LogP contribution in [0.5, 0.6) is 0 Å². The molecule has 7 heteroatoms. The summed E-state index contributed by atoms with van der Waals surface area (Å²) in [5, 5.41) is 1.89.